The summed E-state index contributed by atoms with van der Waals surface area (Å²) in [4.78, 5) is 0. The lowest BCUT2D eigenvalue weighted by Crippen LogP contribution is -2.46. The fourth-order valence-corrected chi connectivity index (χ4v) is 4.00. The number of hydrogen-bond donors (Lipinski definition) is 1. The van der Waals surface area contributed by atoms with Crippen molar-refractivity contribution < 1.29 is 33.5 Å². The summed E-state index contributed by atoms with van der Waals surface area (Å²) >= 11 is 0. The van der Waals surface area contributed by atoms with E-state index in [1.807, 2.05) is 13.8 Å². The standard InChI is InChI=1S/C17H28O7Si/c1-16(2)22-13-11-12(21-15(13)24-16)14(20-10-19-3)17(18,23-11)8-7-9-25(4,5)6/h11-15,18H,8,10H2,1-6H3/t11-,12-,13+,14-,15+,17?/m0/s1. The Morgan fingerprint density at radius 2 is 1.80 bits per heavy atom. The molecule has 142 valence electrons. The van der Waals surface area contributed by atoms with Gasteiger partial charge in [0.1, 0.15) is 39.3 Å². The molecule has 25 heavy (non-hydrogen) atoms. The number of rotatable bonds is 4. The van der Waals surface area contributed by atoms with Crippen LogP contribution in [0.2, 0.25) is 19.6 Å². The Morgan fingerprint density at radius 3 is 2.44 bits per heavy atom. The lowest BCUT2D eigenvalue weighted by atomic mass is 10.0. The number of aliphatic hydroxyl groups is 1. The normalized spacial score (nSPS) is 42.0. The molecule has 0 bridgehead atoms. The van der Waals surface area contributed by atoms with E-state index in [1.54, 1.807) is 0 Å². The summed E-state index contributed by atoms with van der Waals surface area (Å²) in [5, 5.41) is 11.1. The maximum atomic E-state index is 11.1. The van der Waals surface area contributed by atoms with Crippen molar-refractivity contribution in [3.63, 3.8) is 0 Å². The van der Waals surface area contributed by atoms with Crippen LogP contribution in [0.4, 0.5) is 0 Å². The molecule has 3 saturated heterocycles. The Kier molecular flexibility index (Phi) is 5.07. The van der Waals surface area contributed by atoms with Gasteiger partial charge in [0.15, 0.2) is 12.1 Å². The average Bonchev–Trinajstić information content (AvgIpc) is 3.00. The first-order chi connectivity index (χ1) is 11.5. The van der Waals surface area contributed by atoms with Crippen LogP contribution in [-0.4, -0.2) is 69.4 Å². The monoisotopic (exact) mass is 372 g/mol. The highest BCUT2D eigenvalue weighted by Crippen LogP contribution is 2.47. The molecule has 0 spiro atoms. The summed E-state index contributed by atoms with van der Waals surface area (Å²) in [6, 6.07) is 0. The van der Waals surface area contributed by atoms with Gasteiger partial charge in [-0.15, -0.1) is 11.5 Å². The van der Waals surface area contributed by atoms with Gasteiger partial charge in [0.2, 0.25) is 5.79 Å². The van der Waals surface area contributed by atoms with Gasteiger partial charge < -0.3 is 33.5 Å². The third kappa shape index (κ3) is 3.94. The van der Waals surface area contributed by atoms with E-state index < -0.39 is 50.4 Å². The molecule has 0 saturated carbocycles. The van der Waals surface area contributed by atoms with Gasteiger partial charge in [-0.05, 0) is 13.8 Å². The predicted octanol–water partition coefficient (Wildman–Crippen LogP) is 1.21. The van der Waals surface area contributed by atoms with Crippen molar-refractivity contribution in [3.05, 3.63) is 0 Å². The molecule has 3 fully saturated rings. The Bertz CT molecular complexity index is 564. The van der Waals surface area contributed by atoms with Crippen LogP contribution in [0.15, 0.2) is 0 Å². The summed E-state index contributed by atoms with van der Waals surface area (Å²) in [6.45, 7) is 10.1. The smallest absolute Gasteiger partial charge is 0.206 e. The van der Waals surface area contributed by atoms with Gasteiger partial charge in [-0.25, -0.2) is 0 Å². The zero-order valence-electron chi connectivity index (χ0n) is 15.7. The molecule has 0 aliphatic carbocycles. The largest absolute Gasteiger partial charge is 0.363 e. The SMILES string of the molecule is COCO[C@H]1[C@H]2O[C@@H]3OC(C)(C)O[C@@H]3[C@H]2OC1(O)CC#C[Si](C)(C)C. The minimum absolute atomic E-state index is 0.0207. The fraction of sp³-hybridized carbons (Fsp3) is 0.882. The molecule has 1 N–H and O–H groups in total. The Balaban J connectivity index is 1.78. The highest BCUT2D eigenvalue weighted by atomic mass is 28.3. The first-order valence-corrected chi connectivity index (χ1v) is 12.1. The van der Waals surface area contributed by atoms with E-state index in [1.165, 1.54) is 7.11 Å². The van der Waals surface area contributed by atoms with Crippen LogP contribution < -0.4 is 0 Å². The van der Waals surface area contributed by atoms with E-state index in [0.29, 0.717) is 0 Å². The lowest BCUT2D eigenvalue weighted by molar-refractivity contribution is -0.264. The summed E-state index contributed by atoms with van der Waals surface area (Å²) < 4.78 is 34.2. The van der Waals surface area contributed by atoms with Gasteiger partial charge in [-0.2, -0.15) is 0 Å². The van der Waals surface area contributed by atoms with E-state index in [9.17, 15) is 5.11 Å². The zero-order valence-corrected chi connectivity index (χ0v) is 16.7. The Labute approximate surface area is 149 Å². The van der Waals surface area contributed by atoms with Crippen molar-refractivity contribution in [2.45, 2.75) is 82.2 Å². The molecule has 6 atom stereocenters. The summed E-state index contributed by atoms with van der Waals surface area (Å²) in [5.74, 6) is 0.755. The van der Waals surface area contributed by atoms with Crippen LogP contribution in [0.3, 0.4) is 0 Å². The highest BCUT2D eigenvalue weighted by Gasteiger charge is 2.67. The number of methoxy groups -OCH3 is 1. The molecule has 7 nitrogen and oxygen atoms in total. The molecular weight excluding hydrogens is 344 g/mol. The third-order valence-electron chi connectivity index (χ3n) is 4.28. The van der Waals surface area contributed by atoms with Gasteiger partial charge in [0, 0.05) is 7.11 Å². The quantitative estimate of drug-likeness (QED) is 0.452. The van der Waals surface area contributed by atoms with Crippen molar-refractivity contribution in [1.29, 1.82) is 0 Å². The first-order valence-electron chi connectivity index (χ1n) is 8.56. The molecule has 1 unspecified atom stereocenters. The summed E-state index contributed by atoms with van der Waals surface area (Å²) in [6.07, 6.45) is -2.51. The van der Waals surface area contributed by atoms with Crippen LogP contribution in [0, 0.1) is 11.5 Å². The molecule has 8 heteroatoms. The maximum absolute atomic E-state index is 11.1. The van der Waals surface area contributed by atoms with Crippen LogP contribution in [-0.2, 0) is 28.4 Å². The minimum Gasteiger partial charge on any atom is -0.363 e. The van der Waals surface area contributed by atoms with Gasteiger partial charge in [0.05, 0.1) is 6.42 Å². The van der Waals surface area contributed by atoms with Crippen LogP contribution in [0.5, 0.6) is 0 Å². The van der Waals surface area contributed by atoms with Gasteiger partial charge >= 0.3 is 0 Å². The van der Waals surface area contributed by atoms with Crippen molar-refractivity contribution in [3.8, 4) is 11.5 Å². The Hall–Kier alpha value is -0.503. The molecular formula is C17H28O7Si. The van der Waals surface area contributed by atoms with Crippen molar-refractivity contribution >= 4 is 8.07 Å². The third-order valence-corrected chi connectivity index (χ3v) is 5.21. The number of hydrogen-bond acceptors (Lipinski definition) is 7. The van der Waals surface area contributed by atoms with E-state index >= 15 is 0 Å². The molecule has 3 aliphatic rings. The maximum Gasteiger partial charge on any atom is 0.206 e. The lowest BCUT2D eigenvalue weighted by Gasteiger charge is -2.29. The molecule has 3 aliphatic heterocycles. The fourth-order valence-electron chi connectivity index (χ4n) is 3.39. The van der Waals surface area contributed by atoms with Crippen molar-refractivity contribution in [1.82, 2.24) is 0 Å². The van der Waals surface area contributed by atoms with E-state index in [-0.39, 0.29) is 13.2 Å². The molecule has 0 radical (unpaired) electrons. The van der Waals surface area contributed by atoms with E-state index in [2.05, 4.69) is 31.1 Å². The zero-order chi connectivity index (χ0) is 18.5. The van der Waals surface area contributed by atoms with Crippen LogP contribution in [0.1, 0.15) is 20.3 Å². The topological polar surface area (TPSA) is 75.6 Å². The second kappa shape index (κ2) is 6.58. The number of ether oxygens (including phenoxy) is 6. The van der Waals surface area contributed by atoms with Crippen molar-refractivity contribution in [2.24, 2.45) is 0 Å². The second-order valence-corrected chi connectivity index (χ2v) is 13.0. The van der Waals surface area contributed by atoms with Crippen LogP contribution >= 0.6 is 0 Å². The summed E-state index contributed by atoms with van der Waals surface area (Å²) in [7, 11) is -0.0234. The van der Waals surface area contributed by atoms with Gasteiger partial charge in [0.25, 0.3) is 0 Å². The van der Waals surface area contributed by atoms with E-state index in [0.717, 1.165) is 0 Å². The van der Waals surface area contributed by atoms with Crippen LogP contribution in [0.25, 0.3) is 0 Å². The molecule has 0 aromatic rings. The molecule has 3 rings (SSSR count). The second-order valence-electron chi connectivity index (χ2n) is 8.22. The minimum atomic E-state index is -1.57. The Morgan fingerprint density at radius 1 is 1.08 bits per heavy atom. The van der Waals surface area contributed by atoms with E-state index in [4.69, 9.17) is 28.4 Å². The summed E-state index contributed by atoms with van der Waals surface area (Å²) in [5.41, 5.74) is 3.24. The van der Waals surface area contributed by atoms with Crippen molar-refractivity contribution in [2.75, 3.05) is 13.9 Å². The molecule has 0 amide bonds. The average molecular weight is 372 g/mol. The van der Waals surface area contributed by atoms with Gasteiger partial charge in [-0.1, -0.05) is 19.6 Å². The predicted molar refractivity (Wildman–Crippen MR) is 91.0 cm³/mol. The van der Waals surface area contributed by atoms with Gasteiger partial charge in [-0.3, -0.25) is 0 Å². The first kappa shape index (κ1) is 19.3. The highest BCUT2D eigenvalue weighted by molar-refractivity contribution is 6.83. The molecule has 0 aromatic carbocycles. The molecule has 3 heterocycles. The molecule has 0 aromatic heterocycles. The number of fused-ring (bicyclic) bond motifs is 3.